The van der Waals surface area contributed by atoms with Crippen LogP contribution in [0.1, 0.15) is 38.7 Å². The molecule has 1 aliphatic carbocycles. The van der Waals surface area contributed by atoms with Crippen molar-refractivity contribution < 1.29 is 14.3 Å². The van der Waals surface area contributed by atoms with Crippen LogP contribution in [0, 0.1) is 18.4 Å². The molecule has 0 radical (unpaired) electrons. The highest BCUT2D eigenvalue weighted by Crippen LogP contribution is 2.33. The van der Waals surface area contributed by atoms with Gasteiger partial charge in [0.15, 0.2) is 0 Å². The molecular weight excluding hydrogens is 466 g/mol. The molecule has 3 atom stereocenters. The quantitative estimate of drug-likeness (QED) is 0.394. The Hall–Kier alpha value is -2.89. The van der Waals surface area contributed by atoms with Gasteiger partial charge < -0.3 is 19.9 Å². The zero-order chi connectivity index (χ0) is 22.7. The van der Waals surface area contributed by atoms with Crippen LogP contribution in [0.5, 0.6) is 11.5 Å². The van der Waals surface area contributed by atoms with Crippen molar-refractivity contribution in [3.05, 3.63) is 65.6 Å². The van der Waals surface area contributed by atoms with Gasteiger partial charge in [0.05, 0.1) is 5.92 Å². The summed E-state index contributed by atoms with van der Waals surface area (Å²) >= 11 is 0. The fraction of sp³-hybridized carbons (Fsp3) is 0.346. The van der Waals surface area contributed by atoms with Crippen LogP contribution in [0.25, 0.3) is 15.7 Å². The average Bonchev–Trinajstić information content (AvgIpc) is 3.41. The van der Waals surface area contributed by atoms with Crippen molar-refractivity contribution >= 4 is 55.3 Å². The van der Waals surface area contributed by atoms with Crippen molar-refractivity contribution in [2.24, 2.45) is 11.8 Å². The number of carbonyl (C=O) groups excluding carboxylic acids is 2. The van der Waals surface area contributed by atoms with Crippen molar-refractivity contribution in [2.45, 2.75) is 45.6 Å². The first kappa shape index (κ1) is 27.4. The van der Waals surface area contributed by atoms with Gasteiger partial charge in [-0.25, -0.2) is 6.57 Å². The van der Waals surface area contributed by atoms with Crippen LogP contribution in [0.2, 0.25) is 0 Å². The number of Topliss-reactive ketones (excluding diaryl/α,β-unsaturated/α-hetero) is 1. The smallest absolute Gasteiger partial charge is 0.233 e. The van der Waals surface area contributed by atoms with E-state index in [1.54, 1.807) is 12.1 Å². The summed E-state index contributed by atoms with van der Waals surface area (Å²) in [5.41, 5.74) is 2.78. The molecule has 4 rings (SSSR count). The molecule has 1 amide bonds. The van der Waals surface area contributed by atoms with E-state index in [2.05, 4.69) is 15.1 Å². The molecule has 0 spiro atoms. The number of ketones is 1. The molecule has 1 aliphatic rings. The van der Waals surface area contributed by atoms with E-state index in [0.717, 1.165) is 41.4 Å². The second-order valence-corrected chi connectivity index (χ2v) is 8.57. The molecule has 1 unspecified atom stereocenters. The molecule has 1 aromatic heterocycles. The van der Waals surface area contributed by atoms with E-state index in [-0.39, 0.29) is 56.6 Å². The monoisotopic (exact) mass is 497 g/mol. The Bertz CT molecular complexity index is 1180. The Kier molecular flexibility index (Phi) is 9.66. The lowest BCUT2D eigenvalue weighted by Gasteiger charge is -2.15. The van der Waals surface area contributed by atoms with Crippen LogP contribution in [0.4, 0.5) is 5.69 Å². The average molecular weight is 498 g/mol. The lowest BCUT2D eigenvalue weighted by molar-refractivity contribution is -0.126. The molecule has 1 saturated carbocycles. The van der Waals surface area contributed by atoms with E-state index >= 15 is 0 Å². The molecule has 8 heteroatoms. The van der Waals surface area contributed by atoms with Gasteiger partial charge in [-0.15, -0.1) is 0 Å². The predicted octanol–water partition coefficient (Wildman–Crippen LogP) is 5.98. The number of nitrogens with zero attached hydrogens (tertiary/aromatic N) is 1. The molecule has 0 aliphatic heterocycles. The number of ether oxygens (including phenoxy) is 1. The Morgan fingerprint density at radius 2 is 1.85 bits per heavy atom. The number of rotatable bonds is 7. The third-order valence-corrected chi connectivity index (χ3v) is 6.17. The van der Waals surface area contributed by atoms with Crippen molar-refractivity contribution in [1.29, 1.82) is 0 Å². The molecule has 3 aromatic rings. The number of amides is 1. The Morgan fingerprint density at radius 3 is 2.53 bits per heavy atom. The van der Waals surface area contributed by atoms with E-state index in [1.165, 1.54) is 6.92 Å². The first-order valence-electron chi connectivity index (χ1n) is 11.0. The number of carbonyl (C=O) groups is 2. The first-order chi connectivity index (χ1) is 15.4. The third kappa shape index (κ3) is 6.16. The van der Waals surface area contributed by atoms with E-state index in [4.69, 9.17) is 11.3 Å². The van der Waals surface area contributed by atoms with Gasteiger partial charge in [-0.1, -0.05) is 6.92 Å². The highest BCUT2D eigenvalue weighted by molar-refractivity contribution is 7.59. The Balaban J connectivity index is 0.00000204. The molecule has 1 fully saturated rings. The summed E-state index contributed by atoms with van der Waals surface area (Å²) in [6.07, 6.45) is 5.24. The van der Waals surface area contributed by atoms with Gasteiger partial charge in [-0.2, -0.15) is 27.0 Å². The standard InChI is InChI=1S/C26H27N3O3.2H2S/c1-16(26(31)22-5-4-6-24(22)27-3)13-18-15-28-25-12-11-21(14-23(18)25)32-20-9-7-19(8-10-20)29-17(2)30;;/h7-12,14-16,22,24,28H,4-6,13H2,1-2H3,(H,29,30);2*1H2/t16-,22?,24+;;/m0../s1. The van der Waals surface area contributed by atoms with E-state index < -0.39 is 0 Å². The van der Waals surface area contributed by atoms with E-state index in [0.29, 0.717) is 17.9 Å². The number of nitrogens with one attached hydrogen (secondary N) is 2. The summed E-state index contributed by atoms with van der Waals surface area (Å²) in [6, 6.07) is 12.9. The molecule has 0 bridgehead atoms. The number of aromatic amines is 1. The topological polar surface area (TPSA) is 75.6 Å². The highest BCUT2D eigenvalue weighted by Gasteiger charge is 2.39. The maximum atomic E-state index is 13.0. The van der Waals surface area contributed by atoms with Crippen molar-refractivity contribution in [2.75, 3.05) is 5.32 Å². The normalized spacial score (nSPS) is 17.7. The van der Waals surface area contributed by atoms with Gasteiger partial charge in [-0.05, 0) is 67.3 Å². The summed E-state index contributed by atoms with van der Waals surface area (Å²) < 4.78 is 6.01. The molecule has 1 heterocycles. The fourth-order valence-corrected chi connectivity index (χ4v) is 4.56. The minimum atomic E-state index is -0.148. The predicted molar refractivity (Wildman–Crippen MR) is 145 cm³/mol. The largest absolute Gasteiger partial charge is 0.457 e. The van der Waals surface area contributed by atoms with Crippen molar-refractivity contribution in [1.82, 2.24) is 4.98 Å². The zero-order valence-corrected chi connectivity index (χ0v) is 21.4. The summed E-state index contributed by atoms with van der Waals surface area (Å²) in [5, 5.41) is 3.77. The molecule has 2 N–H and O–H groups in total. The van der Waals surface area contributed by atoms with Crippen LogP contribution in [-0.4, -0.2) is 22.7 Å². The number of benzene rings is 2. The SMILES string of the molecule is S.S.[C-]#[N+][C@@H]1CCCC1C(=O)[C@@H](C)Cc1c[nH]c2ccc(Oc3ccc(NC(C)=O)cc3)cc12. The van der Waals surface area contributed by atoms with Gasteiger partial charge in [0.25, 0.3) is 0 Å². The summed E-state index contributed by atoms with van der Waals surface area (Å²) in [5.74, 6) is 1.22. The Morgan fingerprint density at radius 1 is 1.15 bits per heavy atom. The third-order valence-electron chi connectivity index (χ3n) is 6.17. The second-order valence-electron chi connectivity index (χ2n) is 8.57. The highest BCUT2D eigenvalue weighted by atomic mass is 32.1. The van der Waals surface area contributed by atoms with E-state index in [9.17, 15) is 9.59 Å². The van der Waals surface area contributed by atoms with Crippen LogP contribution >= 0.6 is 27.0 Å². The maximum Gasteiger partial charge on any atom is 0.233 e. The zero-order valence-electron chi connectivity index (χ0n) is 19.4. The van der Waals surface area contributed by atoms with Gasteiger partial charge in [0.2, 0.25) is 11.9 Å². The fourth-order valence-electron chi connectivity index (χ4n) is 4.56. The first-order valence-corrected chi connectivity index (χ1v) is 11.0. The minimum Gasteiger partial charge on any atom is -0.457 e. The number of H-pyrrole nitrogens is 1. The molecule has 6 nitrogen and oxygen atoms in total. The summed E-state index contributed by atoms with van der Waals surface area (Å²) in [7, 11) is 0. The molecule has 0 saturated heterocycles. The van der Waals surface area contributed by atoms with Crippen LogP contribution in [0.3, 0.4) is 0 Å². The van der Waals surface area contributed by atoms with Crippen molar-refractivity contribution in [3.63, 3.8) is 0 Å². The van der Waals surface area contributed by atoms with Crippen molar-refractivity contribution in [3.8, 4) is 11.5 Å². The van der Waals surface area contributed by atoms with Gasteiger partial charge in [0, 0.05) is 42.0 Å². The molecule has 2 aromatic carbocycles. The number of anilines is 1. The second kappa shape index (κ2) is 12.0. The lowest BCUT2D eigenvalue weighted by atomic mass is 9.86. The lowest BCUT2D eigenvalue weighted by Crippen LogP contribution is -2.27. The number of hydrogen-bond donors (Lipinski definition) is 2. The Labute approximate surface area is 214 Å². The summed E-state index contributed by atoms with van der Waals surface area (Å²) in [4.78, 5) is 31.1. The molecule has 180 valence electrons. The minimum absolute atomic E-state index is 0. The van der Waals surface area contributed by atoms with Crippen LogP contribution in [0.15, 0.2) is 48.7 Å². The number of fused-ring (bicyclic) bond motifs is 1. The van der Waals surface area contributed by atoms with Crippen LogP contribution in [-0.2, 0) is 16.0 Å². The van der Waals surface area contributed by atoms with Gasteiger partial charge >= 0.3 is 0 Å². The van der Waals surface area contributed by atoms with Gasteiger partial charge in [-0.3, -0.25) is 9.59 Å². The maximum absolute atomic E-state index is 13.0. The van der Waals surface area contributed by atoms with Gasteiger partial charge in [0.1, 0.15) is 17.3 Å². The van der Waals surface area contributed by atoms with E-state index in [1.807, 2.05) is 43.5 Å². The number of aromatic nitrogens is 1. The molecule has 34 heavy (non-hydrogen) atoms. The van der Waals surface area contributed by atoms with Crippen LogP contribution < -0.4 is 10.1 Å². The number of hydrogen-bond acceptors (Lipinski definition) is 3. The summed E-state index contributed by atoms with van der Waals surface area (Å²) in [6.45, 7) is 10.8. The molecular formula is C26H31N3O3S2.